The van der Waals surface area contributed by atoms with Gasteiger partial charge >= 0.3 is 0 Å². The van der Waals surface area contributed by atoms with Gasteiger partial charge in [0.2, 0.25) is 11.7 Å². The van der Waals surface area contributed by atoms with Crippen LogP contribution in [0, 0.1) is 0 Å². The van der Waals surface area contributed by atoms with Crippen LogP contribution in [0.5, 0.6) is 0 Å². The topological polar surface area (TPSA) is 75.4 Å². The molecule has 1 aromatic carbocycles. The average Bonchev–Trinajstić information content (AvgIpc) is 3.55. The van der Waals surface area contributed by atoms with E-state index in [2.05, 4.69) is 20.0 Å². The van der Waals surface area contributed by atoms with Gasteiger partial charge in [-0.3, -0.25) is 9.78 Å². The zero-order valence-electron chi connectivity index (χ0n) is 16.5. The second-order valence-corrected chi connectivity index (χ2v) is 8.12. The highest BCUT2D eigenvalue weighted by Gasteiger charge is 2.35. The van der Waals surface area contributed by atoms with Crippen LogP contribution in [-0.4, -0.2) is 45.6 Å². The van der Waals surface area contributed by atoms with E-state index in [-0.39, 0.29) is 11.9 Å². The number of rotatable bonds is 4. The molecule has 2 aliphatic rings. The van der Waals surface area contributed by atoms with E-state index < -0.39 is 0 Å². The quantitative estimate of drug-likeness (QED) is 0.620. The third-order valence-corrected chi connectivity index (χ3v) is 6.10. The first kappa shape index (κ1) is 19.1. The fourth-order valence-electron chi connectivity index (χ4n) is 4.27. The molecular formula is C22H22ClN5O2. The van der Waals surface area contributed by atoms with Gasteiger partial charge < -0.3 is 14.3 Å². The van der Waals surface area contributed by atoms with Crippen molar-refractivity contribution in [1.82, 2.24) is 20.0 Å². The molecule has 2 aliphatic heterocycles. The average molecular weight is 424 g/mol. The summed E-state index contributed by atoms with van der Waals surface area (Å²) in [6, 6.07) is 9.08. The van der Waals surface area contributed by atoms with E-state index in [1.165, 1.54) is 12.8 Å². The van der Waals surface area contributed by atoms with Crippen molar-refractivity contribution in [2.24, 2.45) is 0 Å². The smallest absolute Gasteiger partial charge is 0.254 e. The number of carbonyl (C=O) groups is 1. The second kappa shape index (κ2) is 8.07. The SMILES string of the molecule is O=C(c1ccc(N2CCCC2)c(Cl)c1)N1CCC[C@H]1c1nc(-c2cccnc2)no1. The van der Waals surface area contributed by atoms with Crippen molar-refractivity contribution in [2.75, 3.05) is 24.5 Å². The summed E-state index contributed by atoms with van der Waals surface area (Å²) >= 11 is 6.53. The molecule has 0 aliphatic carbocycles. The van der Waals surface area contributed by atoms with Gasteiger partial charge in [0.25, 0.3) is 5.91 Å². The summed E-state index contributed by atoms with van der Waals surface area (Å²) in [6.07, 6.45) is 7.42. The number of aromatic nitrogens is 3. The molecule has 0 N–H and O–H groups in total. The molecule has 7 nitrogen and oxygen atoms in total. The predicted octanol–water partition coefficient (Wildman–Crippen LogP) is 4.36. The molecule has 3 aromatic rings. The minimum absolute atomic E-state index is 0.0616. The van der Waals surface area contributed by atoms with E-state index >= 15 is 0 Å². The molecule has 0 spiro atoms. The summed E-state index contributed by atoms with van der Waals surface area (Å²) in [5.74, 6) is 0.878. The molecular weight excluding hydrogens is 402 g/mol. The van der Waals surface area contributed by atoms with Gasteiger partial charge in [-0.05, 0) is 56.0 Å². The number of likely N-dealkylation sites (tertiary alicyclic amines) is 1. The van der Waals surface area contributed by atoms with Crippen molar-refractivity contribution in [3.8, 4) is 11.4 Å². The number of benzene rings is 1. The third-order valence-electron chi connectivity index (χ3n) is 5.80. The maximum atomic E-state index is 13.2. The maximum Gasteiger partial charge on any atom is 0.254 e. The van der Waals surface area contributed by atoms with Gasteiger partial charge in [-0.15, -0.1) is 0 Å². The van der Waals surface area contributed by atoms with Crippen LogP contribution in [-0.2, 0) is 0 Å². The molecule has 2 aromatic heterocycles. The Morgan fingerprint density at radius 3 is 2.77 bits per heavy atom. The van der Waals surface area contributed by atoms with Crippen LogP contribution in [0.2, 0.25) is 5.02 Å². The lowest BCUT2D eigenvalue weighted by atomic mass is 10.1. The summed E-state index contributed by atoms with van der Waals surface area (Å²) in [5.41, 5.74) is 2.37. The first-order valence-corrected chi connectivity index (χ1v) is 10.7. The Balaban J connectivity index is 1.37. The van der Waals surface area contributed by atoms with Crippen molar-refractivity contribution in [3.05, 3.63) is 59.2 Å². The summed E-state index contributed by atoms with van der Waals surface area (Å²) < 4.78 is 5.51. The van der Waals surface area contributed by atoms with Crippen molar-refractivity contribution in [1.29, 1.82) is 0 Å². The predicted molar refractivity (Wildman–Crippen MR) is 113 cm³/mol. The van der Waals surface area contributed by atoms with Crippen molar-refractivity contribution < 1.29 is 9.32 Å². The summed E-state index contributed by atoms with van der Waals surface area (Å²) in [4.78, 5) is 25.9. The molecule has 0 bridgehead atoms. The molecule has 0 saturated carbocycles. The van der Waals surface area contributed by atoms with Crippen LogP contribution in [0.25, 0.3) is 11.4 Å². The largest absolute Gasteiger partial charge is 0.370 e. The number of carbonyl (C=O) groups excluding carboxylic acids is 1. The molecule has 2 fully saturated rings. The Kier molecular flexibility index (Phi) is 5.12. The van der Waals surface area contributed by atoms with Gasteiger partial charge in [0.15, 0.2) is 0 Å². The monoisotopic (exact) mass is 423 g/mol. The van der Waals surface area contributed by atoms with Gasteiger partial charge in [-0.2, -0.15) is 4.98 Å². The molecule has 0 radical (unpaired) electrons. The van der Waals surface area contributed by atoms with Crippen molar-refractivity contribution in [3.63, 3.8) is 0 Å². The second-order valence-electron chi connectivity index (χ2n) is 7.71. The van der Waals surface area contributed by atoms with Crippen LogP contribution in [0.1, 0.15) is 48.0 Å². The Labute approximate surface area is 179 Å². The van der Waals surface area contributed by atoms with Crippen LogP contribution in [0.15, 0.2) is 47.2 Å². The number of amides is 1. The molecule has 154 valence electrons. The fraction of sp³-hybridized carbons (Fsp3) is 0.364. The maximum absolute atomic E-state index is 13.2. The van der Waals surface area contributed by atoms with Gasteiger partial charge in [-0.1, -0.05) is 16.8 Å². The normalized spacial score (nSPS) is 18.9. The highest BCUT2D eigenvalue weighted by Crippen LogP contribution is 2.35. The highest BCUT2D eigenvalue weighted by atomic mass is 35.5. The van der Waals surface area contributed by atoms with Crippen LogP contribution in [0.3, 0.4) is 0 Å². The van der Waals surface area contributed by atoms with Gasteiger partial charge in [0.1, 0.15) is 6.04 Å². The molecule has 4 heterocycles. The summed E-state index contributed by atoms with van der Waals surface area (Å²) in [5, 5.41) is 4.70. The van der Waals surface area contributed by atoms with Crippen molar-refractivity contribution in [2.45, 2.75) is 31.7 Å². The number of hydrogen-bond donors (Lipinski definition) is 0. The van der Waals surface area contributed by atoms with Gasteiger partial charge in [-0.25, -0.2) is 0 Å². The minimum Gasteiger partial charge on any atom is -0.370 e. The first-order valence-electron chi connectivity index (χ1n) is 10.3. The van der Waals surface area contributed by atoms with Crippen LogP contribution in [0.4, 0.5) is 5.69 Å². The molecule has 1 amide bonds. The number of hydrogen-bond acceptors (Lipinski definition) is 6. The van der Waals surface area contributed by atoms with Gasteiger partial charge in [0.05, 0.1) is 10.7 Å². The highest BCUT2D eigenvalue weighted by molar-refractivity contribution is 6.33. The minimum atomic E-state index is -0.229. The first-order chi connectivity index (χ1) is 14.7. The van der Waals surface area contributed by atoms with Crippen LogP contribution >= 0.6 is 11.6 Å². The Morgan fingerprint density at radius 1 is 1.13 bits per heavy atom. The molecule has 0 unspecified atom stereocenters. The van der Waals surface area contributed by atoms with E-state index in [0.29, 0.717) is 28.8 Å². The number of pyridine rings is 1. The van der Waals surface area contributed by atoms with E-state index in [0.717, 1.165) is 37.2 Å². The van der Waals surface area contributed by atoms with Crippen LogP contribution < -0.4 is 4.90 Å². The number of halogens is 1. The van der Waals surface area contributed by atoms with Crippen molar-refractivity contribution >= 4 is 23.2 Å². The molecule has 5 rings (SSSR count). The lowest BCUT2D eigenvalue weighted by Gasteiger charge is -2.23. The lowest BCUT2D eigenvalue weighted by Crippen LogP contribution is -2.30. The van der Waals surface area contributed by atoms with E-state index in [4.69, 9.17) is 16.1 Å². The Morgan fingerprint density at radius 2 is 2.00 bits per heavy atom. The third kappa shape index (κ3) is 3.54. The molecule has 30 heavy (non-hydrogen) atoms. The van der Waals surface area contributed by atoms with E-state index in [1.807, 2.05) is 29.2 Å². The summed E-state index contributed by atoms with van der Waals surface area (Å²) in [6.45, 7) is 2.68. The molecule has 8 heteroatoms. The summed E-state index contributed by atoms with van der Waals surface area (Å²) in [7, 11) is 0. The standard InChI is InChI=1S/C22H22ClN5O2/c23-17-13-15(7-8-18(17)27-10-1-2-11-27)22(29)28-12-4-6-19(28)21-25-20(26-30-21)16-5-3-9-24-14-16/h3,5,7-9,13-14,19H,1-2,4,6,10-12H2/t19-/m0/s1. The van der Waals surface area contributed by atoms with E-state index in [1.54, 1.807) is 18.5 Å². The number of nitrogens with zero attached hydrogens (tertiary/aromatic N) is 5. The molecule has 2 saturated heterocycles. The lowest BCUT2D eigenvalue weighted by molar-refractivity contribution is 0.0710. The zero-order valence-corrected chi connectivity index (χ0v) is 17.3. The Bertz CT molecular complexity index is 1050. The zero-order chi connectivity index (χ0) is 20.5. The van der Waals surface area contributed by atoms with E-state index in [9.17, 15) is 4.79 Å². The number of anilines is 1. The molecule has 1 atom stereocenters. The Hall–Kier alpha value is -2.93. The fourth-order valence-corrected chi connectivity index (χ4v) is 4.57. The van der Waals surface area contributed by atoms with Gasteiger partial charge in [0, 0.05) is 43.2 Å².